The first-order chi connectivity index (χ1) is 20.8. The van der Waals surface area contributed by atoms with Crippen LogP contribution >= 0.6 is 16.4 Å². The Kier molecular flexibility index (Phi) is 7.58. The lowest BCUT2D eigenvalue weighted by Crippen LogP contribution is -1.84. The molecular weight excluding hydrogens is 542 g/mol. The molecule has 0 spiro atoms. The third kappa shape index (κ3) is 5.74. The second kappa shape index (κ2) is 12.1. The molecule has 0 N–H and O–H groups in total. The van der Waals surface area contributed by atoms with Gasteiger partial charge in [0.25, 0.3) is 0 Å². The van der Waals surface area contributed by atoms with Crippen molar-refractivity contribution in [3.8, 4) is 65.7 Å². The molecule has 0 nitrogen and oxygen atoms in total. The largest absolute Gasteiger partial charge is 0.0622 e. The molecule has 0 unspecified atom stereocenters. The van der Waals surface area contributed by atoms with Crippen molar-refractivity contribution in [2.24, 2.45) is 0 Å². The van der Waals surface area contributed by atoms with E-state index in [4.69, 9.17) is 0 Å². The summed E-state index contributed by atoms with van der Waals surface area (Å²) < 4.78 is 0. The van der Waals surface area contributed by atoms with Crippen LogP contribution in [0.15, 0.2) is 170 Å². The van der Waals surface area contributed by atoms with Gasteiger partial charge in [0.05, 0.1) is 0 Å². The average molecular weight is 571 g/mol. The molecule has 198 valence electrons. The van der Waals surface area contributed by atoms with Gasteiger partial charge in [-0.2, -0.15) is 0 Å². The third-order valence-corrected chi connectivity index (χ3v) is 9.97. The molecule has 42 heavy (non-hydrogen) atoms. The fourth-order valence-corrected chi connectivity index (χ4v) is 7.73. The highest BCUT2D eigenvalue weighted by Gasteiger charge is 2.12. The molecule has 0 saturated carbocycles. The number of hydrogen-bond donors (Lipinski definition) is 0. The molecule has 0 radical (unpaired) electrons. The van der Waals surface area contributed by atoms with Crippen molar-refractivity contribution >= 4 is 16.4 Å². The van der Waals surface area contributed by atoms with Crippen LogP contribution in [0.25, 0.3) is 65.7 Å². The molecule has 2 heterocycles. The summed E-state index contributed by atoms with van der Waals surface area (Å²) in [5.74, 6) is 0. The Morgan fingerprint density at radius 1 is 0.214 bits per heavy atom. The second-order valence-electron chi connectivity index (χ2n) is 10.3. The minimum atomic E-state index is 1.22. The fourth-order valence-electron chi connectivity index (χ4n) is 5.30. The van der Waals surface area contributed by atoms with E-state index in [1.165, 1.54) is 82.1 Å². The van der Waals surface area contributed by atoms with Crippen LogP contribution in [0.2, 0.25) is 0 Å². The summed E-state index contributed by atoms with van der Waals surface area (Å²) >= 11 is 0. The van der Waals surface area contributed by atoms with E-state index in [1.54, 1.807) is 0 Å². The SMILES string of the molecule is c1ccc(-c2cc(-c3ccccc3)pc(-c3cccc(-c4cc(-c5ccccc5)cc(-c5ccccc5)p4)c3)c2)cc1. The maximum absolute atomic E-state index is 2.38. The van der Waals surface area contributed by atoms with E-state index in [-0.39, 0.29) is 0 Å². The Morgan fingerprint density at radius 2 is 0.500 bits per heavy atom. The quantitative estimate of drug-likeness (QED) is 0.187. The molecule has 7 aromatic rings. The third-order valence-electron chi connectivity index (χ3n) is 7.46. The molecule has 0 amide bonds. The van der Waals surface area contributed by atoms with E-state index in [1.807, 2.05) is 0 Å². The van der Waals surface area contributed by atoms with E-state index in [2.05, 4.69) is 170 Å². The van der Waals surface area contributed by atoms with Crippen molar-refractivity contribution < 1.29 is 0 Å². The predicted molar refractivity (Wildman–Crippen MR) is 184 cm³/mol. The number of rotatable bonds is 6. The summed E-state index contributed by atoms with van der Waals surface area (Å²) in [7, 11) is 2.43. The van der Waals surface area contributed by atoms with Crippen LogP contribution in [-0.4, -0.2) is 0 Å². The van der Waals surface area contributed by atoms with Gasteiger partial charge >= 0.3 is 0 Å². The van der Waals surface area contributed by atoms with Gasteiger partial charge in [-0.1, -0.05) is 156 Å². The molecule has 0 aliphatic rings. The van der Waals surface area contributed by atoms with E-state index < -0.39 is 0 Å². The normalized spacial score (nSPS) is 11.2. The zero-order chi connectivity index (χ0) is 28.1. The lowest BCUT2D eigenvalue weighted by molar-refractivity contribution is 1.62. The standard InChI is InChI=1S/C40H28P2/c1-5-14-29(15-6-1)35-25-37(31-18-9-3-10-19-31)41-39(27-35)33-22-13-23-34(24-33)40-28-36(30-16-7-2-8-17-30)26-38(42-40)32-20-11-4-12-21-32/h1-28H. The summed E-state index contributed by atoms with van der Waals surface area (Å²) in [6.07, 6.45) is 0. The molecule has 5 aromatic carbocycles. The highest BCUT2D eigenvalue weighted by molar-refractivity contribution is 7.38. The predicted octanol–water partition coefficient (Wildman–Crippen LogP) is 12.8. The molecule has 0 fully saturated rings. The summed E-state index contributed by atoms with van der Waals surface area (Å²) in [6, 6.07) is 61.5. The molecular formula is C40H28P2. The van der Waals surface area contributed by atoms with Crippen LogP contribution in [0, 0.1) is 0 Å². The lowest BCUT2D eigenvalue weighted by atomic mass is 10.0. The Balaban J connectivity index is 1.37. The van der Waals surface area contributed by atoms with Gasteiger partial charge in [-0.25, -0.2) is 0 Å². The minimum Gasteiger partial charge on any atom is -0.0622 e. The van der Waals surface area contributed by atoms with Crippen LogP contribution in [0.1, 0.15) is 0 Å². The summed E-state index contributed by atoms with van der Waals surface area (Å²) in [6.45, 7) is 0. The zero-order valence-electron chi connectivity index (χ0n) is 23.1. The molecule has 0 aliphatic carbocycles. The minimum absolute atomic E-state index is 1.22. The molecule has 2 aromatic heterocycles. The van der Waals surface area contributed by atoms with Crippen molar-refractivity contribution in [3.05, 3.63) is 170 Å². The van der Waals surface area contributed by atoms with E-state index in [0.717, 1.165) is 0 Å². The van der Waals surface area contributed by atoms with E-state index in [9.17, 15) is 0 Å². The zero-order valence-corrected chi connectivity index (χ0v) is 24.8. The van der Waals surface area contributed by atoms with E-state index in [0.29, 0.717) is 0 Å². The molecule has 0 atom stereocenters. The smallest absolute Gasteiger partial charge is 0.0103 e. The molecule has 0 saturated heterocycles. The maximum atomic E-state index is 2.38. The Bertz CT molecular complexity index is 1690. The number of benzene rings is 5. The van der Waals surface area contributed by atoms with Crippen LogP contribution < -0.4 is 0 Å². The van der Waals surface area contributed by atoms with Gasteiger partial charge in [-0.15, -0.1) is 0 Å². The fraction of sp³-hybridized carbons (Fsp3) is 0. The van der Waals surface area contributed by atoms with Gasteiger partial charge in [-0.05, 0) is 74.8 Å². The maximum Gasteiger partial charge on any atom is 0.0103 e. The topological polar surface area (TPSA) is 0 Å². The van der Waals surface area contributed by atoms with Crippen LogP contribution in [0.5, 0.6) is 0 Å². The highest BCUT2D eigenvalue weighted by Crippen LogP contribution is 2.44. The highest BCUT2D eigenvalue weighted by atomic mass is 31.0. The first kappa shape index (κ1) is 26.3. The summed E-state index contributed by atoms with van der Waals surface area (Å²) in [4.78, 5) is 0. The van der Waals surface area contributed by atoms with Crippen molar-refractivity contribution in [3.63, 3.8) is 0 Å². The van der Waals surface area contributed by atoms with Crippen LogP contribution in [0.3, 0.4) is 0 Å². The van der Waals surface area contributed by atoms with Gasteiger partial charge in [0.2, 0.25) is 0 Å². The first-order valence-electron chi connectivity index (χ1n) is 14.2. The van der Waals surface area contributed by atoms with Crippen molar-refractivity contribution in [2.75, 3.05) is 0 Å². The lowest BCUT2D eigenvalue weighted by Gasteiger charge is -2.13. The van der Waals surface area contributed by atoms with Gasteiger partial charge in [0, 0.05) is 21.2 Å². The van der Waals surface area contributed by atoms with Crippen molar-refractivity contribution in [1.29, 1.82) is 0 Å². The second-order valence-corrected chi connectivity index (χ2v) is 12.7. The molecule has 2 heteroatoms. The summed E-state index contributed by atoms with van der Waals surface area (Å²) in [5, 5.41) is 5.27. The monoisotopic (exact) mass is 570 g/mol. The van der Waals surface area contributed by atoms with E-state index >= 15 is 0 Å². The van der Waals surface area contributed by atoms with Crippen LogP contribution in [0.4, 0.5) is 0 Å². The Labute approximate surface area is 251 Å². The van der Waals surface area contributed by atoms with Gasteiger partial charge in [0.15, 0.2) is 0 Å². The first-order valence-corrected chi connectivity index (χ1v) is 16.0. The van der Waals surface area contributed by atoms with Gasteiger partial charge < -0.3 is 0 Å². The molecule has 7 rings (SSSR count). The van der Waals surface area contributed by atoms with Crippen LogP contribution in [-0.2, 0) is 0 Å². The molecule has 0 aliphatic heterocycles. The Hall–Kier alpha value is -4.60. The molecule has 0 bridgehead atoms. The van der Waals surface area contributed by atoms with Crippen molar-refractivity contribution in [1.82, 2.24) is 0 Å². The van der Waals surface area contributed by atoms with Crippen molar-refractivity contribution in [2.45, 2.75) is 0 Å². The van der Waals surface area contributed by atoms with Gasteiger partial charge in [-0.3, -0.25) is 0 Å². The Morgan fingerprint density at radius 3 is 0.857 bits per heavy atom. The summed E-state index contributed by atoms with van der Waals surface area (Å²) in [5.41, 5.74) is 10.0. The number of hydrogen-bond acceptors (Lipinski definition) is 0. The average Bonchev–Trinajstić information content (AvgIpc) is 3.09. The van der Waals surface area contributed by atoms with Gasteiger partial charge in [0.1, 0.15) is 0 Å².